The lowest BCUT2D eigenvalue weighted by molar-refractivity contribution is -0.139. The van der Waals surface area contributed by atoms with Gasteiger partial charge in [0.2, 0.25) is 0 Å². The van der Waals surface area contributed by atoms with E-state index in [1.165, 1.54) is 6.08 Å². The van der Waals surface area contributed by atoms with Gasteiger partial charge in [0.15, 0.2) is 0 Å². The molecule has 0 aromatic heterocycles. The minimum atomic E-state index is -1.05. The van der Waals surface area contributed by atoms with E-state index in [1.807, 2.05) is 0 Å². The van der Waals surface area contributed by atoms with Crippen molar-refractivity contribution in [2.75, 3.05) is 20.2 Å². The van der Waals surface area contributed by atoms with Crippen LogP contribution in [-0.2, 0) is 14.3 Å². The average molecular weight is 213 g/mol. The maximum atomic E-state index is 11.2. The number of carboxylic acid groups (broad SMARTS) is 1. The van der Waals surface area contributed by atoms with E-state index in [0.29, 0.717) is 6.54 Å². The summed E-state index contributed by atoms with van der Waals surface area (Å²) in [4.78, 5) is 21.3. The molecule has 0 radical (unpaired) electrons. The highest BCUT2D eigenvalue weighted by molar-refractivity contribution is 5.88. The third-order valence-electron chi connectivity index (χ3n) is 1.50. The molecule has 0 rings (SSSR count). The fourth-order valence-corrected chi connectivity index (χ4v) is 0.733. The molecule has 0 saturated carbocycles. The summed E-state index contributed by atoms with van der Waals surface area (Å²) >= 11 is 0. The van der Waals surface area contributed by atoms with Gasteiger partial charge in [0.05, 0.1) is 0 Å². The van der Waals surface area contributed by atoms with Gasteiger partial charge >= 0.3 is 11.9 Å². The summed E-state index contributed by atoms with van der Waals surface area (Å²) in [6, 6.07) is 0. The lowest BCUT2D eigenvalue weighted by Gasteiger charge is -2.04. The molecular formula is C10H15NO4. The maximum Gasteiger partial charge on any atom is 0.333 e. The molecule has 0 saturated heterocycles. The number of carbonyl (C=O) groups excluding carboxylic acids is 1. The smallest absolute Gasteiger partial charge is 0.333 e. The predicted molar refractivity (Wildman–Crippen MR) is 55.4 cm³/mol. The molecule has 5 heteroatoms. The predicted octanol–water partition coefficient (Wildman–Crippen LogP) is 0.336. The zero-order valence-electron chi connectivity index (χ0n) is 8.66. The molecule has 0 heterocycles. The van der Waals surface area contributed by atoms with Crippen molar-refractivity contribution in [2.24, 2.45) is 0 Å². The summed E-state index contributed by atoms with van der Waals surface area (Å²) in [7, 11) is 1.75. The molecule has 15 heavy (non-hydrogen) atoms. The Morgan fingerprint density at radius 2 is 2.20 bits per heavy atom. The topological polar surface area (TPSA) is 75.6 Å². The molecule has 2 N–H and O–H groups in total. The molecular weight excluding hydrogens is 198 g/mol. The minimum absolute atomic E-state index is 0.185. The van der Waals surface area contributed by atoms with E-state index in [9.17, 15) is 9.59 Å². The fraction of sp³-hybridized carbons (Fsp3) is 0.400. The van der Waals surface area contributed by atoms with Crippen molar-refractivity contribution in [1.29, 1.82) is 0 Å². The lowest BCUT2D eigenvalue weighted by Crippen LogP contribution is -2.17. The highest BCUT2D eigenvalue weighted by Crippen LogP contribution is 2.01. The quantitative estimate of drug-likeness (QED) is 0.362. The summed E-state index contributed by atoms with van der Waals surface area (Å²) in [6.07, 6.45) is 2.50. The first-order valence-corrected chi connectivity index (χ1v) is 4.47. The van der Waals surface area contributed by atoms with Gasteiger partial charge in [-0.05, 0) is 13.5 Å². The van der Waals surface area contributed by atoms with Gasteiger partial charge in [-0.15, -0.1) is 0 Å². The van der Waals surface area contributed by atoms with Crippen molar-refractivity contribution in [1.82, 2.24) is 5.32 Å². The summed E-state index contributed by atoms with van der Waals surface area (Å²) < 4.78 is 4.82. The lowest BCUT2D eigenvalue weighted by atomic mass is 10.2. The Kier molecular flexibility index (Phi) is 6.92. The van der Waals surface area contributed by atoms with Crippen LogP contribution in [-0.4, -0.2) is 37.2 Å². The van der Waals surface area contributed by atoms with Gasteiger partial charge in [0, 0.05) is 18.2 Å². The highest BCUT2D eigenvalue weighted by atomic mass is 16.5. The maximum absolute atomic E-state index is 11.2. The van der Waals surface area contributed by atoms with Crippen molar-refractivity contribution in [3.8, 4) is 0 Å². The largest absolute Gasteiger partial charge is 0.478 e. The van der Waals surface area contributed by atoms with Gasteiger partial charge in [-0.25, -0.2) is 9.59 Å². The first-order valence-electron chi connectivity index (χ1n) is 4.47. The highest BCUT2D eigenvalue weighted by Gasteiger charge is 2.05. The Labute approximate surface area is 88.4 Å². The van der Waals surface area contributed by atoms with Crippen molar-refractivity contribution < 1.29 is 19.4 Å². The van der Waals surface area contributed by atoms with Crippen LogP contribution in [0.2, 0.25) is 0 Å². The van der Waals surface area contributed by atoms with Crippen LogP contribution >= 0.6 is 0 Å². The molecule has 84 valence electrons. The molecule has 0 aromatic carbocycles. The standard InChI is InChI=1S/C10H15NO4/c1-8(4-3-5-9(12)13)10(14)15-7-6-11-2/h3,5,11H,1,4,6-7H2,2H3,(H,12,13). The van der Waals surface area contributed by atoms with Gasteiger partial charge in [-0.2, -0.15) is 0 Å². The second kappa shape index (κ2) is 7.75. The Bertz CT molecular complexity index is 271. The van der Waals surface area contributed by atoms with E-state index in [0.717, 1.165) is 6.08 Å². The van der Waals surface area contributed by atoms with E-state index in [1.54, 1.807) is 7.05 Å². The molecule has 0 aliphatic rings. The fourth-order valence-electron chi connectivity index (χ4n) is 0.733. The van der Waals surface area contributed by atoms with Crippen LogP contribution in [0.15, 0.2) is 24.3 Å². The number of esters is 1. The van der Waals surface area contributed by atoms with Crippen LogP contribution in [0.25, 0.3) is 0 Å². The number of likely N-dealkylation sites (N-methyl/N-ethyl adjacent to an activating group) is 1. The number of hydrogen-bond acceptors (Lipinski definition) is 4. The number of nitrogens with one attached hydrogen (secondary N) is 1. The SMILES string of the molecule is C=C(CC=CC(=O)O)C(=O)OCCNC. The van der Waals surface area contributed by atoms with Crippen LogP contribution in [0.4, 0.5) is 0 Å². The Morgan fingerprint density at radius 1 is 1.53 bits per heavy atom. The van der Waals surface area contributed by atoms with E-state index in [2.05, 4.69) is 11.9 Å². The van der Waals surface area contributed by atoms with Gasteiger partial charge in [0.1, 0.15) is 6.61 Å². The van der Waals surface area contributed by atoms with Gasteiger partial charge in [-0.1, -0.05) is 12.7 Å². The molecule has 0 atom stereocenters. The third kappa shape index (κ3) is 7.45. The average Bonchev–Trinajstić information content (AvgIpc) is 2.17. The number of ether oxygens (including phenoxy) is 1. The molecule has 0 fully saturated rings. The van der Waals surface area contributed by atoms with E-state index in [4.69, 9.17) is 9.84 Å². The van der Waals surface area contributed by atoms with E-state index in [-0.39, 0.29) is 18.6 Å². The molecule has 0 bridgehead atoms. The van der Waals surface area contributed by atoms with E-state index >= 15 is 0 Å². The number of hydrogen-bond donors (Lipinski definition) is 2. The first-order chi connectivity index (χ1) is 7.07. The van der Waals surface area contributed by atoms with Gasteiger partial charge < -0.3 is 15.2 Å². The summed E-state index contributed by atoms with van der Waals surface area (Å²) in [5, 5.41) is 11.1. The zero-order valence-corrected chi connectivity index (χ0v) is 8.66. The van der Waals surface area contributed by atoms with Gasteiger partial charge in [-0.3, -0.25) is 0 Å². The van der Waals surface area contributed by atoms with E-state index < -0.39 is 11.9 Å². The second-order valence-electron chi connectivity index (χ2n) is 2.79. The Morgan fingerprint density at radius 3 is 2.73 bits per heavy atom. The van der Waals surface area contributed by atoms with Crippen LogP contribution < -0.4 is 5.32 Å². The number of allylic oxidation sites excluding steroid dienone is 1. The summed E-state index contributed by atoms with van der Waals surface area (Å²) in [5.74, 6) is -1.55. The molecule has 0 amide bonds. The first kappa shape index (κ1) is 13.4. The second-order valence-corrected chi connectivity index (χ2v) is 2.79. The van der Waals surface area contributed by atoms with Crippen molar-refractivity contribution in [2.45, 2.75) is 6.42 Å². The Balaban J connectivity index is 3.79. The summed E-state index contributed by atoms with van der Waals surface area (Å²) in [5.41, 5.74) is 0.239. The van der Waals surface area contributed by atoms with Crippen molar-refractivity contribution >= 4 is 11.9 Å². The van der Waals surface area contributed by atoms with Crippen molar-refractivity contribution in [3.63, 3.8) is 0 Å². The number of aliphatic carboxylic acids is 1. The van der Waals surface area contributed by atoms with Crippen LogP contribution in [0, 0.1) is 0 Å². The molecule has 0 aromatic rings. The normalized spacial score (nSPS) is 10.2. The third-order valence-corrected chi connectivity index (χ3v) is 1.50. The number of carbonyl (C=O) groups is 2. The van der Waals surface area contributed by atoms with Crippen LogP contribution in [0.3, 0.4) is 0 Å². The Hall–Kier alpha value is -1.62. The van der Waals surface area contributed by atoms with Crippen LogP contribution in [0.5, 0.6) is 0 Å². The number of carboxylic acids is 1. The van der Waals surface area contributed by atoms with Crippen molar-refractivity contribution in [3.05, 3.63) is 24.3 Å². The molecule has 0 unspecified atom stereocenters. The molecule has 5 nitrogen and oxygen atoms in total. The minimum Gasteiger partial charge on any atom is -0.478 e. The van der Waals surface area contributed by atoms with Gasteiger partial charge in [0.25, 0.3) is 0 Å². The molecule has 0 aliphatic carbocycles. The molecule has 0 aliphatic heterocycles. The zero-order chi connectivity index (χ0) is 11.7. The molecule has 0 spiro atoms. The summed E-state index contributed by atoms with van der Waals surface area (Å²) in [6.45, 7) is 4.34. The number of rotatable bonds is 7. The van der Waals surface area contributed by atoms with Crippen LogP contribution in [0.1, 0.15) is 6.42 Å². The monoisotopic (exact) mass is 213 g/mol.